The lowest BCUT2D eigenvalue weighted by molar-refractivity contribution is 0.0833. The zero-order valence-corrected chi connectivity index (χ0v) is 10.9. The van der Waals surface area contributed by atoms with Gasteiger partial charge in [0.1, 0.15) is 9.88 Å². The number of nitrogens with zero attached hydrogens (tertiary/aromatic N) is 1. The van der Waals surface area contributed by atoms with Crippen LogP contribution in [0.1, 0.15) is 27.0 Å². The van der Waals surface area contributed by atoms with Gasteiger partial charge in [0.2, 0.25) is 0 Å². The normalized spacial score (nSPS) is 10.1. The zero-order valence-electron chi connectivity index (χ0n) is 10.0. The Labute approximate surface area is 104 Å². The third-order valence-corrected chi connectivity index (χ3v) is 3.28. The van der Waals surface area contributed by atoms with Crippen LogP contribution in [0.5, 0.6) is 0 Å². The van der Waals surface area contributed by atoms with E-state index in [1.807, 2.05) is 6.92 Å². The summed E-state index contributed by atoms with van der Waals surface area (Å²) >= 11 is 1.15. The molecule has 0 unspecified atom stereocenters. The number of nitrogen functional groups attached to an aromatic ring is 1. The predicted molar refractivity (Wildman–Crippen MR) is 69.4 cm³/mol. The van der Waals surface area contributed by atoms with Crippen molar-refractivity contribution >= 4 is 33.8 Å². The van der Waals surface area contributed by atoms with Crippen LogP contribution in [0.4, 0.5) is 10.7 Å². The van der Waals surface area contributed by atoms with E-state index >= 15 is 0 Å². The Kier molecular flexibility index (Phi) is 3.95. The van der Waals surface area contributed by atoms with E-state index in [9.17, 15) is 9.59 Å². The summed E-state index contributed by atoms with van der Waals surface area (Å²) in [4.78, 5) is 24.9. The molecule has 1 heterocycles. The minimum atomic E-state index is -0.632. The van der Waals surface area contributed by atoms with E-state index < -0.39 is 5.91 Å². The highest BCUT2D eigenvalue weighted by atomic mass is 32.1. The second kappa shape index (κ2) is 5.05. The average Bonchev–Trinajstić information content (AvgIpc) is 2.54. The van der Waals surface area contributed by atoms with Crippen molar-refractivity contribution in [2.75, 3.05) is 31.7 Å². The minimum Gasteiger partial charge on any atom is -0.397 e. The van der Waals surface area contributed by atoms with Crippen molar-refractivity contribution in [3.63, 3.8) is 0 Å². The van der Waals surface area contributed by atoms with E-state index in [2.05, 4.69) is 5.32 Å². The molecule has 94 valence electrons. The third kappa shape index (κ3) is 2.50. The first-order chi connectivity index (χ1) is 7.90. The molecular formula is C10H16N4O2S. The van der Waals surface area contributed by atoms with Gasteiger partial charge in [-0.1, -0.05) is 0 Å². The number of nitrogens with two attached hydrogens (primary N) is 2. The molecule has 0 bridgehead atoms. The number of anilines is 2. The number of rotatable bonds is 4. The third-order valence-electron chi connectivity index (χ3n) is 2.13. The molecule has 0 aliphatic carbocycles. The SMILES string of the molecule is CCNc1sc(C(=O)N(C)C)c(N)c1C(N)=O. The first-order valence-electron chi connectivity index (χ1n) is 5.07. The monoisotopic (exact) mass is 256 g/mol. The van der Waals surface area contributed by atoms with Gasteiger partial charge in [0.05, 0.1) is 11.3 Å². The van der Waals surface area contributed by atoms with Crippen molar-refractivity contribution in [3.8, 4) is 0 Å². The lowest BCUT2D eigenvalue weighted by Gasteiger charge is -2.08. The maximum Gasteiger partial charge on any atom is 0.265 e. The maximum atomic E-state index is 11.8. The summed E-state index contributed by atoms with van der Waals surface area (Å²) < 4.78 is 0. The van der Waals surface area contributed by atoms with E-state index in [0.29, 0.717) is 16.4 Å². The van der Waals surface area contributed by atoms with Gasteiger partial charge in [-0.3, -0.25) is 9.59 Å². The molecule has 0 spiro atoms. The molecule has 0 saturated heterocycles. The Balaban J connectivity index is 3.31. The Hall–Kier alpha value is -1.76. The van der Waals surface area contributed by atoms with Gasteiger partial charge in [0.15, 0.2) is 0 Å². The summed E-state index contributed by atoms with van der Waals surface area (Å²) in [7, 11) is 3.25. The van der Waals surface area contributed by atoms with E-state index in [1.165, 1.54) is 4.90 Å². The maximum absolute atomic E-state index is 11.8. The van der Waals surface area contributed by atoms with Crippen LogP contribution in [0.25, 0.3) is 0 Å². The van der Waals surface area contributed by atoms with Crippen LogP contribution >= 0.6 is 11.3 Å². The minimum absolute atomic E-state index is 0.150. The molecule has 1 rings (SSSR count). The fourth-order valence-electron chi connectivity index (χ4n) is 1.34. The Morgan fingerprint density at radius 2 is 2.00 bits per heavy atom. The topological polar surface area (TPSA) is 101 Å². The van der Waals surface area contributed by atoms with Crippen LogP contribution in [0.3, 0.4) is 0 Å². The van der Waals surface area contributed by atoms with Crippen LogP contribution in [0, 0.1) is 0 Å². The predicted octanol–water partition coefficient (Wildman–Crippen LogP) is 0.563. The van der Waals surface area contributed by atoms with Gasteiger partial charge in [-0.05, 0) is 6.92 Å². The van der Waals surface area contributed by atoms with Gasteiger partial charge >= 0.3 is 0 Å². The first kappa shape index (κ1) is 13.3. The highest BCUT2D eigenvalue weighted by Crippen LogP contribution is 2.35. The molecule has 0 fully saturated rings. The van der Waals surface area contributed by atoms with Crippen LogP contribution in [-0.2, 0) is 0 Å². The number of carbonyl (C=O) groups excluding carboxylic acids is 2. The van der Waals surface area contributed by atoms with Gasteiger partial charge in [-0.2, -0.15) is 0 Å². The Morgan fingerprint density at radius 1 is 1.41 bits per heavy atom. The summed E-state index contributed by atoms with van der Waals surface area (Å²) in [6.07, 6.45) is 0. The number of hydrogen-bond acceptors (Lipinski definition) is 5. The van der Waals surface area contributed by atoms with E-state index in [0.717, 1.165) is 11.3 Å². The lowest BCUT2D eigenvalue weighted by atomic mass is 10.2. The van der Waals surface area contributed by atoms with E-state index in [1.54, 1.807) is 14.1 Å². The highest BCUT2D eigenvalue weighted by Gasteiger charge is 2.24. The molecule has 0 radical (unpaired) electrons. The van der Waals surface area contributed by atoms with Crippen molar-refractivity contribution in [2.24, 2.45) is 5.73 Å². The summed E-state index contributed by atoms with van der Waals surface area (Å²) in [6.45, 7) is 2.50. The summed E-state index contributed by atoms with van der Waals surface area (Å²) in [6, 6.07) is 0. The molecule has 0 atom stereocenters. The van der Waals surface area contributed by atoms with Gasteiger partial charge in [0.25, 0.3) is 11.8 Å². The summed E-state index contributed by atoms with van der Waals surface area (Å²) in [5, 5.41) is 3.52. The molecule has 0 aliphatic rings. The number of carbonyl (C=O) groups is 2. The molecule has 0 aromatic carbocycles. The molecule has 1 aromatic rings. The fourth-order valence-corrected chi connectivity index (χ4v) is 2.55. The van der Waals surface area contributed by atoms with E-state index in [-0.39, 0.29) is 17.2 Å². The van der Waals surface area contributed by atoms with Gasteiger partial charge in [-0.25, -0.2) is 0 Å². The van der Waals surface area contributed by atoms with Crippen molar-refractivity contribution < 1.29 is 9.59 Å². The number of thiophene rings is 1. The molecule has 0 aliphatic heterocycles. The smallest absolute Gasteiger partial charge is 0.265 e. The molecule has 1 aromatic heterocycles. The highest BCUT2D eigenvalue weighted by molar-refractivity contribution is 7.19. The van der Waals surface area contributed by atoms with Gasteiger partial charge in [-0.15, -0.1) is 11.3 Å². The van der Waals surface area contributed by atoms with Gasteiger partial charge in [0, 0.05) is 20.6 Å². The lowest BCUT2D eigenvalue weighted by Crippen LogP contribution is -2.22. The molecule has 7 heteroatoms. The number of hydrogen-bond donors (Lipinski definition) is 3. The number of amides is 2. The van der Waals surface area contributed by atoms with Crippen molar-refractivity contribution in [1.82, 2.24) is 4.90 Å². The Bertz CT molecular complexity index is 453. The first-order valence-corrected chi connectivity index (χ1v) is 5.89. The molecule has 0 saturated carbocycles. The second-order valence-corrected chi connectivity index (χ2v) is 4.66. The quantitative estimate of drug-likeness (QED) is 0.732. The van der Waals surface area contributed by atoms with Gasteiger partial charge < -0.3 is 21.7 Å². The largest absolute Gasteiger partial charge is 0.397 e. The molecule has 2 amide bonds. The van der Waals surface area contributed by atoms with Crippen LogP contribution in [-0.4, -0.2) is 37.4 Å². The standard InChI is InChI=1S/C10H16N4O2S/c1-4-13-9-5(8(12)15)6(11)7(17-9)10(16)14(2)3/h13H,4,11H2,1-3H3,(H2,12,15). The molecule has 17 heavy (non-hydrogen) atoms. The Morgan fingerprint density at radius 3 is 2.41 bits per heavy atom. The number of primary amides is 1. The molecule has 6 nitrogen and oxygen atoms in total. The second-order valence-electron chi connectivity index (χ2n) is 3.64. The average molecular weight is 256 g/mol. The van der Waals surface area contributed by atoms with Crippen LogP contribution in [0.2, 0.25) is 0 Å². The van der Waals surface area contributed by atoms with Crippen molar-refractivity contribution in [1.29, 1.82) is 0 Å². The summed E-state index contributed by atoms with van der Waals surface area (Å²) in [5.74, 6) is -0.869. The van der Waals surface area contributed by atoms with Crippen LogP contribution < -0.4 is 16.8 Å². The fraction of sp³-hybridized carbons (Fsp3) is 0.400. The molecular weight excluding hydrogens is 240 g/mol. The van der Waals surface area contributed by atoms with Crippen LogP contribution in [0.15, 0.2) is 0 Å². The number of nitrogens with one attached hydrogen (secondary N) is 1. The van der Waals surface area contributed by atoms with Crippen molar-refractivity contribution in [3.05, 3.63) is 10.4 Å². The van der Waals surface area contributed by atoms with Crippen molar-refractivity contribution in [2.45, 2.75) is 6.92 Å². The zero-order chi connectivity index (χ0) is 13.2. The van der Waals surface area contributed by atoms with E-state index in [4.69, 9.17) is 11.5 Å². The summed E-state index contributed by atoms with van der Waals surface area (Å²) in [5.41, 5.74) is 11.4. The molecule has 5 N–H and O–H groups in total.